The zero-order chi connectivity index (χ0) is 14.5. The van der Waals surface area contributed by atoms with Crippen LogP contribution in [0.5, 0.6) is 11.5 Å². The SMILES string of the molecule is COc1ccc(CNC2CC2)cc1OCCc1ccsc1. The Hall–Kier alpha value is -1.52. The van der Waals surface area contributed by atoms with Gasteiger partial charge in [0, 0.05) is 19.0 Å². The fourth-order valence-corrected chi connectivity index (χ4v) is 2.91. The molecule has 1 saturated carbocycles. The summed E-state index contributed by atoms with van der Waals surface area (Å²) in [6.45, 7) is 1.57. The van der Waals surface area contributed by atoms with Gasteiger partial charge in [-0.15, -0.1) is 0 Å². The minimum absolute atomic E-state index is 0.673. The summed E-state index contributed by atoms with van der Waals surface area (Å²) in [4.78, 5) is 0. The molecule has 1 aliphatic carbocycles. The number of rotatable bonds is 8. The van der Waals surface area contributed by atoms with E-state index >= 15 is 0 Å². The molecule has 0 radical (unpaired) electrons. The Kier molecular flexibility index (Phi) is 4.78. The van der Waals surface area contributed by atoms with Gasteiger partial charge in [-0.05, 0) is 52.9 Å². The summed E-state index contributed by atoms with van der Waals surface area (Å²) in [7, 11) is 1.68. The highest BCUT2D eigenvalue weighted by Gasteiger charge is 2.20. The third-order valence-electron chi connectivity index (χ3n) is 3.63. The van der Waals surface area contributed by atoms with Gasteiger partial charge < -0.3 is 14.8 Å². The molecule has 1 heterocycles. The highest BCUT2D eigenvalue weighted by Crippen LogP contribution is 2.29. The van der Waals surface area contributed by atoms with Crippen molar-refractivity contribution in [3.8, 4) is 11.5 Å². The van der Waals surface area contributed by atoms with Crippen LogP contribution in [0.2, 0.25) is 0 Å². The van der Waals surface area contributed by atoms with Crippen LogP contribution in [-0.2, 0) is 13.0 Å². The number of thiophene rings is 1. The van der Waals surface area contributed by atoms with Crippen LogP contribution in [0.15, 0.2) is 35.0 Å². The lowest BCUT2D eigenvalue weighted by molar-refractivity contribution is 0.297. The van der Waals surface area contributed by atoms with Crippen molar-refractivity contribution in [1.82, 2.24) is 5.32 Å². The molecule has 0 saturated heterocycles. The fourth-order valence-electron chi connectivity index (χ4n) is 2.21. The second kappa shape index (κ2) is 6.96. The van der Waals surface area contributed by atoms with Crippen LogP contribution >= 0.6 is 11.3 Å². The summed E-state index contributed by atoms with van der Waals surface area (Å²) in [6, 6.07) is 9.03. The molecular weight excluding hydrogens is 282 g/mol. The van der Waals surface area contributed by atoms with E-state index < -0.39 is 0 Å². The topological polar surface area (TPSA) is 30.5 Å². The van der Waals surface area contributed by atoms with Crippen molar-refractivity contribution in [2.24, 2.45) is 0 Å². The third kappa shape index (κ3) is 4.22. The van der Waals surface area contributed by atoms with E-state index in [1.165, 1.54) is 24.0 Å². The molecular formula is C17H21NO2S. The number of nitrogens with one attached hydrogen (secondary N) is 1. The van der Waals surface area contributed by atoms with Gasteiger partial charge in [-0.2, -0.15) is 11.3 Å². The van der Waals surface area contributed by atoms with Crippen LogP contribution in [0.4, 0.5) is 0 Å². The average Bonchev–Trinajstić information content (AvgIpc) is 3.20. The lowest BCUT2D eigenvalue weighted by Gasteiger charge is -2.12. The molecule has 0 amide bonds. The smallest absolute Gasteiger partial charge is 0.161 e. The normalized spacial score (nSPS) is 14.1. The molecule has 3 nitrogen and oxygen atoms in total. The second-order valence-corrected chi connectivity index (χ2v) is 6.15. The standard InChI is InChI=1S/C17H21NO2S/c1-19-16-5-2-14(11-18-15-3-4-15)10-17(16)20-8-6-13-7-9-21-12-13/h2,5,7,9-10,12,15,18H,3-4,6,8,11H2,1H3. The maximum Gasteiger partial charge on any atom is 0.161 e. The molecule has 0 unspecified atom stereocenters. The van der Waals surface area contributed by atoms with Gasteiger partial charge in [0.05, 0.1) is 13.7 Å². The van der Waals surface area contributed by atoms with Crippen molar-refractivity contribution in [2.45, 2.75) is 31.8 Å². The van der Waals surface area contributed by atoms with Gasteiger partial charge in [-0.25, -0.2) is 0 Å². The van der Waals surface area contributed by atoms with Crippen LogP contribution in [-0.4, -0.2) is 19.8 Å². The first-order valence-corrected chi connectivity index (χ1v) is 8.33. The Balaban J connectivity index is 1.58. The molecule has 1 aromatic heterocycles. The lowest BCUT2D eigenvalue weighted by atomic mass is 10.2. The predicted molar refractivity (Wildman–Crippen MR) is 86.4 cm³/mol. The molecule has 0 bridgehead atoms. The van der Waals surface area contributed by atoms with Crippen LogP contribution < -0.4 is 14.8 Å². The molecule has 1 N–H and O–H groups in total. The van der Waals surface area contributed by atoms with Gasteiger partial charge in [-0.3, -0.25) is 0 Å². The summed E-state index contributed by atoms with van der Waals surface area (Å²) in [6.07, 6.45) is 3.54. The van der Waals surface area contributed by atoms with E-state index in [1.54, 1.807) is 18.4 Å². The fraction of sp³-hybridized carbons (Fsp3) is 0.412. The Morgan fingerprint density at radius 2 is 2.10 bits per heavy atom. The monoisotopic (exact) mass is 303 g/mol. The zero-order valence-electron chi connectivity index (χ0n) is 12.3. The molecule has 3 rings (SSSR count). The maximum atomic E-state index is 5.92. The Morgan fingerprint density at radius 3 is 2.81 bits per heavy atom. The maximum absolute atomic E-state index is 5.92. The largest absolute Gasteiger partial charge is 0.493 e. The van der Waals surface area contributed by atoms with Gasteiger partial charge in [0.2, 0.25) is 0 Å². The van der Waals surface area contributed by atoms with Gasteiger partial charge in [-0.1, -0.05) is 6.07 Å². The molecule has 4 heteroatoms. The summed E-state index contributed by atoms with van der Waals surface area (Å²) >= 11 is 1.72. The van der Waals surface area contributed by atoms with E-state index in [0.717, 1.165) is 30.5 Å². The van der Waals surface area contributed by atoms with Gasteiger partial charge in [0.15, 0.2) is 11.5 Å². The summed E-state index contributed by atoms with van der Waals surface area (Å²) in [5, 5.41) is 7.78. The lowest BCUT2D eigenvalue weighted by Crippen LogP contribution is -2.15. The van der Waals surface area contributed by atoms with E-state index in [1.807, 2.05) is 6.07 Å². The molecule has 1 aliphatic rings. The molecule has 0 atom stereocenters. The molecule has 0 aliphatic heterocycles. The van der Waals surface area contributed by atoms with E-state index in [2.05, 4.69) is 34.3 Å². The second-order valence-electron chi connectivity index (χ2n) is 5.37. The third-order valence-corrected chi connectivity index (χ3v) is 4.36. The van der Waals surface area contributed by atoms with E-state index in [4.69, 9.17) is 9.47 Å². The van der Waals surface area contributed by atoms with Crippen molar-refractivity contribution in [2.75, 3.05) is 13.7 Å². The van der Waals surface area contributed by atoms with Crippen LogP contribution in [0.3, 0.4) is 0 Å². The highest BCUT2D eigenvalue weighted by atomic mass is 32.1. The van der Waals surface area contributed by atoms with Crippen molar-refractivity contribution >= 4 is 11.3 Å². The predicted octanol–water partition coefficient (Wildman–Crippen LogP) is 3.63. The van der Waals surface area contributed by atoms with Crippen molar-refractivity contribution in [1.29, 1.82) is 0 Å². The number of methoxy groups -OCH3 is 1. The molecule has 1 fully saturated rings. The van der Waals surface area contributed by atoms with Crippen LogP contribution in [0, 0.1) is 0 Å². The number of ether oxygens (including phenoxy) is 2. The van der Waals surface area contributed by atoms with Gasteiger partial charge in [0.25, 0.3) is 0 Å². The zero-order valence-corrected chi connectivity index (χ0v) is 13.1. The number of benzene rings is 1. The average molecular weight is 303 g/mol. The van der Waals surface area contributed by atoms with E-state index in [-0.39, 0.29) is 0 Å². The first-order valence-electron chi connectivity index (χ1n) is 7.39. The highest BCUT2D eigenvalue weighted by molar-refractivity contribution is 7.07. The molecule has 2 aromatic rings. The summed E-state index contributed by atoms with van der Waals surface area (Å²) in [5.41, 5.74) is 2.57. The molecule has 21 heavy (non-hydrogen) atoms. The van der Waals surface area contributed by atoms with Gasteiger partial charge >= 0.3 is 0 Å². The van der Waals surface area contributed by atoms with Crippen molar-refractivity contribution < 1.29 is 9.47 Å². The van der Waals surface area contributed by atoms with Crippen LogP contribution in [0.25, 0.3) is 0 Å². The first kappa shape index (κ1) is 14.4. The Morgan fingerprint density at radius 1 is 1.19 bits per heavy atom. The molecule has 112 valence electrons. The van der Waals surface area contributed by atoms with Crippen molar-refractivity contribution in [3.05, 3.63) is 46.2 Å². The quantitative estimate of drug-likeness (QED) is 0.808. The van der Waals surface area contributed by atoms with E-state index in [9.17, 15) is 0 Å². The van der Waals surface area contributed by atoms with Crippen molar-refractivity contribution in [3.63, 3.8) is 0 Å². The first-order chi connectivity index (χ1) is 10.3. The number of hydrogen-bond acceptors (Lipinski definition) is 4. The number of hydrogen-bond donors (Lipinski definition) is 1. The Bertz CT molecular complexity index is 564. The minimum Gasteiger partial charge on any atom is -0.493 e. The van der Waals surface area contributed by atoms with Gasteiger partial charge in [0.1, 0.15) is 0 Å². The van der Waals surface area contributed by atoms with Crippen LogP contribution in [0.1, 0.15) is 24.0 Å². The molecule has 0 spiro atoms. The molecule has 1 aromatic carbocycles. The summed E-state index contributed by atoms with van der Waals surface area (Å²) in [5.74, 6) is 1.64. The summed E-state index contributed by atoms with van der Waals surface area (Å²) < 4.78 is 11.3. The Labute approximate surface area is 129 Å². The van der Waals surface area contributed by atoms with E-state index in [0.29, 0.717) is 6.61 Å². The minimum atomic E-state index is 0.673.